The number of aryl methyl sites for hydroxylation is 1. The Kier molecular flexibility index (Phi) is 3.93. The summed E-state index contributed by atoms with van der Waals surface area (Å²) in [6.45, 7) is 2.07. The van der Waals surface area contributed by atoms with E-state index in [4.69, 9.17) is 9.97 Å². The highest BCUT2D eigenvalue weighted by Crippen LogP contribution is 2.43. The standard InChI is InChI=1S/C29H19N3S/c1-18-30-24-14-5-6-15-25(24)32(18)20-10-8-9-19(17-20)27-21-11-2-4-13-23(21)31-28-22-12-3-7-16-26(22)33-29(27)28/h2-17H,1H3. The molecule has 7 rings (SSSR count). The molecule has 0 bridgehead atoms. The molecule has 7 aromatic rings. The molecule has 3 nitrogen and oxygen atoms in total. The van der Waals surface area contributed by atoms with Crippen LogP contribution in [0.3, 0.4) is 0 Å². The zero-order valence-electron chi connectivity index (χ0n) is 18.0. The van der Waals surface area contributed by atoms with Crippen molar-refractivity contribution in [3.05, 3.63) is 103 Å². The Hall–Kier alpha value is -4.02. The van der Waals surface area contributed by atoms with Gasteiger partial charge in [-0.15, -0.1) is 11.3 Å². The Bertz CT molecular complexity index is 1840. The molecule has 156 valence electrons. The zero-order chi connectivity index (χ0) is 21.9. The summed E-state index contributed by atoms with van der Waals surface area (Å²) < 4.78 is 4.74. The van der Waals surface area contributed by atoms with Gasteiger partial charge in [-0.1, -0.05) is 60.7 Å². The van der Waals surface area contributed by atoms with E-state index in [0.717, 1.165) is 33.6 Å². The molecule has 0 saturated heterocycles. The van der Waals surface area contributed by atoms with E-state index in [1.165, 1.54) is 31.3 Å². The molecule has 0 unspecified atom stereocenters. The van der Waals surface area contributed by atoms with E-state index >= 15 is 0 Å². The van der Waals surface area contributed by atoms with Gasteiger partial charge < -0.3 is 0 Å². The number of thiophene rings is 1. The molecule has 4 aromatic carbocycles. The van der Waals surface area contributed by atoms with E-state index < -0.39 is 0 Å². The average Bonchev–Trinajstić information content (AvgIpc) is 3.39. The molecule has 3 aromatic heterocycles. The Morgan fingerprint density at radius 3 is 2.36 bits per heavy atom. The third-order valence-corrected chi connectivity index (χ3v) is 7.50. The van der Waals surface area contributed by atoms with Crippen molar-refractivity contribution in [3.8, 4) is 16.8 Å². The van der Waals surface area contributed by atoms with Crippen LogP contribution in [0.1, 0.15) is 5.82 Å². The Balaban J connectivity index is 1.57. The predicted octanol–water partition coefficient (Wildman–Crippen LogP) is 7.92. The largest absolute Gasteiger partial charge is 0.297 e. The molecule has 0 spiro atoms. The monoisotopic (exact) mass is 441 g/mol. The SMILES string of the molecule is Cc1nc2ccccc2n1-c1cccc(-c2c3ccccc3nc3c2sc2ccccc23)c1. The van der Waals surface area contributed by atoms with Crippen LogP contribution in [0.25, 0.3) is 59.1 Å². The fourth-order valence-corrected chi connectivity index (χ4v) is 6.12. The van der Waals surface area contributed by atoms with E-state index in [2.05, 4.69) is 102 Å². The van der Waals surface area contributed by atoms with Crippen molar-refractivity contribution in [1.29, 1.82) is 0 Å². The molecule has 0 atom stereocenters. The molecule has 0 radical (unpaired) electrons. The number of fused-ring (bicyclic) bond motifs is 5. The normalized spacial score (nSPS) is 11.8. The maximum absolute atomic E-state index is 5.07. The third-order valence-electron chi connectivity index (χ3n) is 6.32. The molecule has 0 amide bonds. The lowest BCUT2D eigenvalue weighted by Gasteiger charge is -2.12. The summed E-state index contributed by atoms with van der Waals surface area (Å²) in [5.74, 6) is 0.986. The summed E-state index contributed by atoms with van der Waals surface area (Å²) >= 11 is 1.83. The predicted molar refractivity (Wildman–Crippen MR) is 139 cm³/mol. The topological polar surface area (TPSA) is 30.7 Å². The number of hydrogen-bond donors (Lipinski definition) is 0. The smallest absolute Gasteiger partial charge is 0.111 e. The fraction of sp³-hybridized carbons (Fsp3) is 0.0345. The van der Waals surface area contributed by atoms with Crippen molar-refractivity contribution in [1.82, 2.24) is 14.5 Å². The first kappa shape index (κ1) is 18.5. The van der Waals surface area contributed by atoms with Crippen molar-refractivity contribution in [2.75, 3.05) is 0 Å². The highest BCUT2D eigenvalue weighted by Gasteiger charge is 2.17. The number of benzene rings is 4. The van der Waals surface area contributed by atoms with E-state index in [1.807, 2.05) is 17.4 Å². The molecule has 4 heteroatoms. The minimum atomic E-state index is 0.986. The highest BCUT2D eigenvalue weighted by molar-refractivity contribution is 7.26. The van der Waals surface area contributed by atoms with Gasteiger partial charge in [-0.25, -0.2) is 9.97 Å². The molecule has 0 saturated carbocycles. The van der Waals surface area contributed by atoms with Crippen LogP contribution < -0.4 is 0 Å². The average molecular weight is 442 g/mol. The molecule has 0 aliphatic carbocycles. The number of aromatic nitrogens is 3. The Morgan fingerprint density at radius 1 is 0.697 bits per heavy atom. The summed E-state index contributed by atoms with van der Waals surface area (Å²) in [7, 11) is 0. The second-order valence-electron chi connectivity index (χ2n) is 8.31. The first-order valence-corrected chi connectivity index (χ1v) is 11.8. The maximum atomic E-state index is 5.07. The van der Waals surface area contributed by atoms with Crippen LogP contribution >= 0.6 is 11.3 Å². The zero-order valence-corrected chi connectivity index (χ0v) is 18.8. The van der Waals surface area contributed by atoms with Gasteiger partial charge in [0.15, 0.2) is 0 Å². The highest BCUT2D eigenvalue weighted by atomic mass is 32.1. The molecular formula is C29H19N3S. The molecule has 33 heavy (non-hydrogen) atoms. The molecule has 0 N–H and O–H groups in total. The van der Waals surface area contributed by atoms with Gasteiger partial charge in [0.05, 0.1) is 26.8 Å². The van der Waals surface area contributed by atoms with Crippen molar-refractivity contribution < 1.29 is 0 Å². The van der Waals surface area contributed by atoms with Gasteiger partial charge in [0, 0.05) is 26.7 Å². The Labute approximate surface area is 194 Å². The maximum Gasteiger partial charge on any atom is 0.111 e. The number of pyridine rings is 1. The number of para-hydroxylation sites is 3. The number of nitrogens with zero attached hydrogens (tertiary/aromatic N) is 3. The van der Waals surface area contributed by atoms with E-state index in [1.54, 1.807) is 0 Å². The van der Waals surface area contributed by atoms with Crippen molar-refractivity contribution in [3.63, 3.8) is 0 Å². The van der Waals surface area contributed by atoms with E-state index in [9.17, 15) is 0 Å². The lowest BCUT2D eigenvalue weighted by molar-refractivity contribution is 1.00. The van der Waals surface area contributed by atoms with Gasteiger partial charge in [-0.05, 0) is 48.9 Å². The second kappa shape index (κ2) is 6.99. The minimum absolute atomic E-state index is 0.986. The van der Waals surface area contributed by atoms with Crippen molar-refractivity contribution >= 4 is 53.6 Å². The van der Waals surface area contributed by atoms with Crippen molar-refractivity contribution in [2.24, 2.45) is 0 Å². The summed E-state index contributed by atoms with van der Waals surface area (Å²) in [6.07, 6.45) is 0. The minimum Gasteiger partial charge on any atom is -0.297 e. The third kappa shape index (κ3) is 2.74. The first-order valence-electron chi connectivity index (χ1n) is 11.0. The van der Waals surface area contributed by atoms with Gasteiger partial charge in [0.2, 0.25) is 0 Å². The van der Waals surface area contributed by atoms with Crippen molar-refractivity contribution in [2.45, 2.75) is 6.92 Å². The van der Waals surface area contributed by atoms with Crippen LogP contribution in [0.15, 0.2) is 97.1 Å². The van der Waals surface area contributed by atoms with Crippen LogP contribution in [-0.2, 0) is 0 Å². The molecule has 0 aliphatic rings. The van der Waals surface area contributed by atoms with E-state index in [0.29, 0.717) is 0 Å². The summed E-state index contributed by atoms with van der Waals surface area (Å²) in [4.78, 5) is 9.85. The summed E-state index contributed by atoms with van der Waals surface area (Å²) in [5.41, 5.74) is 7.81. The van der Waals surface area contributed by atoms with Gasteiger partial charge in [0.1, 0.15) is 5.82 Å². The van der Waals surface area contributed by atoms with Crippen LogP contribution in [0.5, 0.6) is 0 Å². The summed E-state index contributed by atoms with van der Waals surface area (Å²) in [6, 6.07) is 34.1. The molecular weight excluding hydrogens is 422 g/mol. The van der Waals surface area contributed by atoms with Crippen LogP contribution in [-0.4, -0.2) is 14.5 Å². The van der Waals surface area contributed by atoms with Crippen LogP contribution in [0, 0.1) is 6.92 Å². The Morgan fingerprint density at radius 2 is 1.45 bits per heavy atom. The second-order valence-corrected chi connectivity index (χ2v) is 9.37. The van der Waals surface area contributed by atoms with Gasteiger partial charge >= 0.3 is 0 Å². The van der Waals surface area contributed by atoms with E-state index in [-0.39, 0.29) is 0 Å². The fourth-order valence-electron chi connectivity index (χ4n) is 4.90. The van der Waals surface area contributed by atoms with Crippen LogP contribution in [0.4, 0.5) is 0 Å². The van der Waals surface area contributed by atoms with Gasteiger partial charge in [-0.3, -0.25) is 4.57 Å². The number of rotatable bonds is 2. The molecule has 3 heterocycles. The summed E-state index contributed by atoms with van der Waals surface area (Å²) in [5, 5.41) is 2.40. The number of imidazole rings is 1. The lowest BCUT2D eigenvalue weighted by atomic mass is 9.99. The number of hydrogen-bond acceptors (Lipinski definition) is 3. The van der Waals surface area contributed by atoms with Gasteiger partial charge in [0.25, 0.3) is 0 Å². The van der Waals surface area contributed by atoms with Crippen LogP contribution in [0.2, 0.25) is 0 Å². The first-order chi connectivity index (χ1) is 16.3. The van der Waals surface area contributed by atoms with Gasteiger partial charge in [-0.2, -0.15) is 0 Å². The molecule has 0 aliphatic heterocycles. The lowest BCUT2D eigenvalue weighted by Crippen LogP contribution is -1.97. The molecule has 0 fully saturated rings. The quantitative estimate of drug-likeness (QED) is 0.273.